The summed E-state index contributed by atoms with van der Waals surface area (Å²) < 4.78 is 10.9. The molecule has 0 aliphatic heterocycles. The standard InChI is InChI=1S/C16H22N2O2/c1-19-11-13-4-2-6-15(10-13)20-9-7-14-5-3-8-16(14,18)12-17/h2,4,6,10,14H,3,5,7-9,11,18H2,1H3. The van der Waals surface area contributed by atoms with Crippen LogP contribution in [0.5, 0.6) is 5.75 Å². The molecule has 1 aliphatic rings. The van der Waals surface area contributed by atoms with Crippen LogP contribution in [0.25, 0.3) is 0 Å². The van der Waals surface area contributed by atoms with Crippen LogP contribution in [-0.4, -0.2) is 19.3 Å². The quantitative estimate of drug-likeness (QED) is 0.865. The van der Waals surface area contributed by atoms with Crippen LogP contribution in [0.2, 0.25) is 0 Å². The normalized spacial score (nSPS) is 25.4. The van der Waals surface area contributed by atoms with E-state index in [1.165, 1.54) is 0 Å². The van der Waals surface area contributed by atoms with Crippen molar-refractivity contribution in [1.82, 2.24) is 0 Å². The van der Waals surface area contributed by atoms with Gasteiger partial charge in [-0.3, -0.25) is 0 Å². The molecule has 108 valence electrons. The van der Waals surface area contributed by atoms with Crippen LogP contribution in [0.1, 0.15) is 31.2 Å². The summed E-state index contributed by atoms with van der Waals surface area (Å²) in [7, 11) is 1.68. The molecular weight excluding hydrogens is 252 g/mol. The highest BCUT2D eigenvalue weighted by atomic mass is 16.5. The van der Waals surface area contributed by atoms with Crippen molar-refractivity contribution < 1.29 is 9.47 Å². The Balaban J connectivity index is 1.84. The number of benzene rings is 1. The summed E-state index contributed by atoms with van der Waals surface area (Å²) in [5.74, 6) is 1.09. The SMILES string of the molecule is COCc1cccc(OCCC2CCCC2(N)C#N)c1. The largest absolute Gasteiger partial charge is 0.494 e. The monoisotopic (exact) mass is 274 g/mol. The van der Waals surface area contributed by atoms with Crippen LogP contribution in [0.4, 0.5) is 0 Å². The molecule has 4 heteroatoms. The number of rotatable bonds is 6. The molecule has 2 unspecified atom stereocenters. The predicted octanol–water partition coefficient (Wildman–Crippen LogP) is 2.62. The lowest BCUT2D eigenvalue weighted by Gasteiger charge is -2.23. The van der Waals surface area contributed by atoms with Crippen molar-refractivity contribution in [2.24, 2.45) is 11.7 Å². The van der Waals surface area contributed by atoms with Gasteiger partial charge in [-0.15, -0.1) is 0 Å². The summed E-state index contributed by atoms with van der Waals surface area (Å²) >= 11 is 0. The highest BCUT2D eigenvalue weighted by Crippen LogP contribution is 2.35. The molecular formula is C16H22N2O2. The van der Waals surface area contributed by atoms with Gasteiger partial charge in [0.25, 0.3) is 0 Å². The third-order valence-electron chi connectivity index (χ3n) is 4.02. The maximum atomic E-state index is 9.18. The molecule has 2 N–H and O–H groups in total. The molecule has 4 nitrogen and oxygen atoms in total. The maximum absolute atomic E-state index is 9.18. The molecule has 0 saturated heterocycles. The first-order valence-electron chi connectivity index (χ1n) is 7.09. The van der Waals surface area contributed by atoms with E-state index < -0.39 is 5.54 Å². The molecule has 0 heterocycles. The second kappa shape index (κ2) is 6.74. The van der Waals surface area contributed by atoms with Gasteiger partial charge < -0.3 is 15.2 Å². The molecule has 2 rings (SSSR count). The van der Waals surface area contributed by atoms with Crippen LogP contribution in [0.3, 0.4) is 0 Å². The molecule has 2 atom stereocenters. The molecule has 1 aromatic rings. The highest BCUT2D eigenvalue weighted by molar-refractivity contribution is 5.28. The van der Waals surface area contributed by atoms with E-state index >= 15 is 0 Å². The van der Waals surface area contributed by atoms with Gasteiger partial charge in [0, 0.05) is 7.11 Å². The average Bonchev–Trinajstić information content (AvgIpc) is 2.82. The minimum Gasteiger partial charge on any atom is -0.494 e. The van der Waals surface area contributed by atoms with E-state index in [0.717, 1.165) is 37.0 Å². The number of methoxy groups -OCH3 is 1. The van der Waals surface area contributed by atoms with Gasteiger partial charge in [0.1, 0.15) is 11.3 Å². The van der Waals surface area contributed by atoms with E-state index in [1.807, 2.05) is 24.3 Å². The molecule has 1 aliphatic carbocycles. The molecule has 0 bridgehead atoms. The van der Waals surface area contributed by atoms with Crippen LogP contribution >= 0.6 is 0 Å². The van der Waals surface area contributed by atoms with Crippen molar-refractivity contribution in [3.8, 4) is 11.8 Å². The fraction of sp³-hybridized carbons (Fsp3) is 0.562. The Bertz CT molecular complexity index is 484. The van der Waals surface area contributed by atoms with Gasteiger partial charge in [-0.05, 0) is 42.9 Å². The zero-order chi connectivity index (χ0) is 14.4. The van der Waals surface area contributed by atoms with Crippen LogP contribution in [-0.2, 0) is 11.3 Å². The summed E-state index contributed by atoms with van der Waals surface area (Å²) in [5, 5.41) is 9.18. The fourth-order valence-corrected chi connectivity index (χ4v) is 2.86. The summed E-state index contributed by atoms with van der Waals surface area (Å²) in [6.45, 7) is 1.18. The van der Waals surface area contributed by atoms with Crippen molar-refractivity contribution in [2.45, 2.75) is 37.8 Å². The molecule has 1 fully saturated rings. The van der Waals surface area contributed by atoms with E-state index in [-0.39, 0.29) is 5.92 Å². The first-order valence-corrected chi connectivity index (χ1v) is 7.09. The molecule has 0 spiro atoms. The Morgan fingerprint density at radius 3 is 3.10 bits per heavy atom. The predicted molar refractivity (Wildman–Crippen MR) is 77.1 cm³/mol. The Hall–Kier alpha value is -1.57. The smallest absolute Gasteiger partial charge is 0.119 e. The lowest BCUT2D eigenvalue weighted by atomic mass is 9.87. The van der Waals surface area contributed by atoms with Crippen LogP contribution in [0.15, 0.2) is 24.3 Å². The molecule has 0 radical (unpaired) electrons. The Morgan fingerprint density at radius 2 is 2.35 bits per heavy atom. The summed E-state index contributed by atoms with van der Waals surface area (Å²) in [6.07, 6.45) is 3.70. The summed E-state index contributed by atoms with van der Waals surface area (Å²) in [4.78, 5) is 0. The van der Waals surface area contributed by atoms with Gasteiger partial charge in [0.15, 0.2) is 0 Å². The first kappa shape index (κ1) is 14.8. The van der Waals surface area contributed by atoms with E-state index in [1.54, 1.807) is 7.11 Å². The van der Waals surface area contributed by atoms with Gasteiger partial charge >= 0.3 is 0 Å². The average molecular weight is 274 g/mol. The van der Waals surface area contributed by atoms with Crippen LogP contribution in [0, 0.1) is 17.2 Å². The minimum absolute atomic E-state index is 0.245. The topological polar surface area (TPSA) is 68.3 Å². The zero-order valence-corrected chi connectivity index (χ0v) is 12.0. The fourth-order valence-electron chi connectivity index (χ4n) is 2.86. The number of nitrogens with two attached hydrogens (primary N) is 1. The van der Waals surface area contributed by atoms with Gasteiger partial charge in [-0.1, -0.05) is 18.6 Å². The Labute approximate surface area is 120 Å². The highest BCUT2D eigenvalue weighted by Gasteiger charge is 2.39. The number of nitriles is 1. The third kappa shape index (κ3) is 3.50. The van der Waals surface area contributed by atoms with E-state index in [0.29, 0.717) is 13.2 Å². The molecule has 1 saturated carbocycles. The molecule has 1 aromatic carbocycles. The second-order valence-corrected chi connectivity index (χ2v) is 5.46. The molecule has 0 amide bonds. The summed E-state index contributed by atoms with van der Waals surface area (Å²) in [6, 6.07) is 10.2. The van der Waals surface area contributed by atoms with Crippen molar-refractivity contribution in [3.63, 3.8) is 0 Å². The van der Waals surface area contributed by atoms with Crippen molar-refractivity contribution >= 4 is 0 Å². The zero-order valence-electron chi connectivity index (χ0n) is 12.0. The van der Waals surface area contributed by atoms with Crippen LogP contribution < -0.4 is 10.5 Å². The van der Waals surface area contributed by atoms with Crippen molar-refractivity contribution in [2.75, 3.05) is 13.7 Å². The van der Waals surface area contributed by atoms with E-state index in [4.69, 9.17) is 15.2 Å². The van der Waals surface area contributed by atoms with Gasteiger partial charge in [-0.2, -0.15) is 5.26 Å². The molecule has 0 aromatic heterocycles. The van der Waals surface area contributed by atoms with Gasteiger partial charge in [0.2, 0.25) is 0 Å². The maximum Gasteiger partial charge on any atom is 0.119 e. The minimum atomic E-state index is -0.652. The number of hydrogen-bond acceptors (Lipinski definition) is 4. The van der Waals surface area contributed by atoms with E-state index in [2.05, 4.69) is 6.07 Å². The van der Waals surface area contributed by atoms with E-state index in [9.17, 15) is 5.26 Å². The number of ether oxygens (including phenoxy) is 2. The van der Waals surface area contributed by atoms with Crippen molar-refractivity contribution in [1.29, 1.82) is 5.26 Å². The van der Waals surface area contributed by atoms with Gasteiger partial charge in [-0.25, -0.2) is 0 Å². The Kier molecular flexibility index (Phi) is 4.99. The molecule has 20 heavy (non-hydrogen) atoms. The number of hydrogen-bond donors (Lipinski definition) is 1. The summed E-state index contributed by atoms with van der Waals surface area (Å²) in [5.41, 5.74) is 6.55. The Morgan fingerprint density at radius 1 is 1.50 bits per heavy atom. The lowest BCUT2D eigenvalue weighted by molar-refractivity contribution is 0.184. The lowest BCUT2D eigenvalue weighted by Crippen LogP contribution is -2.42. The first-order chi connectivity index (χ1) is 9.68. The number of nitrogens with zero attached hydrogens (tertiary/aromatic N) is 1. The van der Waals surface area contributed by atoms with Gasteiger partial charge in [0.05, 0.1) is 19.3 Å². The third-order valence-corrected chi connectivity index (χ3v) is 4.02. The second-order valence-electron chi connectivity index (χ2n) is 5.46. The van der Waals surface area contributed by atoms with Crippen molar-refractivity contribution in [3.05, 3.63) is 29.8 Å².